The van der Waals surface area contributed by atoms with Crippen molar-refractivity contribution >= 4 is 23.0 Å². The summed E-state index contributed by atoms with van der Waals surface area (Å²) in [6, 6.07) is 10.8. The lowest BCUT2D eigenvalue weighted by atomic mass is 10.1. The van der Waals surface area contributed by atoms with E-state index in [9.17, 15) is 13.2 Å². The zero-order valence-electron chi connectivity index (χ0n) is 17.4. The second kappa shape index (κ2) is 10.2. The molecule has 31 heavy (non-hydrogen) atoms. The van der Waals surface area contributed by atoms with Crippen molar-refractivity contribution in [3.05, 3.63) is 53.6 Å². The molecular formula is C22H25F3N2O3S. The van der Waals surface area contributed by atoms with E-state index in [0.717, 1.165) is 24.5 Å². The van der Waals surface area contributed by atoms with Crippen LogP contribution < -0.4 is 14.8 Å². The minimum absolute atomic E-state index is 0.0299. The summed E-state index contributed by atoms with van der Waals surface area (Å²) in [7, 11) is 3.10. The number of para-hydroxylation sites is 1. The Balaban J connectivity index is 1.83. The molecule has 3 rings (SSSR count). The van der Waals surface area contributed by atoms with Gasteiger partial charge < -0.3 is 24.4 Å². The normalized spacial score (nSPS) is 16.1. The Kier molecular flexibility index (Phi) is 7.61. The molecule has 0 bridgehead atoms. The number of rotatable bonds is 7. The van der Waals surface area contributed by atoms with Crippen molar-refractivity contribution in [1.82, 2.24) is 4.90 Å². The summed E-state index contributed by atoms with van der Waals surface area (Å²) < 4.78 is 56.5. The smallest absolute Gasteiger partial charge is 0.418 e. The Morgan fingerprint density at radius 1 is 1.16 bits per heavy atom. The molecule has 0 radical (unpaired) electrons. The maximum absolute atomic E-state index is 13.4. The third-order valence-electron chi connectivity index (χ3n) is 5.03. The van der Waals surface area contributed by atoms with E-state index in [2.05, 4.69) is 5.32 Å². The van der Waals surface area contributed by atoms with Crippen LogP contribution in [0, 0.1) is 0 Å². The SMILES string of the molecule is COc1ccc(CN(C[C@H]2CCCO2)C(=S)Nc2ccccc2C(F)(F)F)cc1OC. The third-order valence-corrected chi connectivity index (χ3v) is 5.39. The van der Waals surface area contributed by atoms with Gasteiger partial charge in [0.05, 0.1) is 31.6 Å². The van der Waals surface area contributed by atoms with Gasteiger partial charge in [-0.05, 0) is 54.9 Å². The summed E-state index contributed by atoms with van der Waals surface area (Å²) in [6.45, 7) is 1.51. The van der Waals surface area contributed by atoms with E-state index in [-0.39, 0.29) is 16.9 Å². The quantitative estimate of drug-likeness (QED) is 0.587. The highest BCUT2D eigenvalue weighted by atomic mass is 32.1. The molecule has 0 aliphatic carbocycles. The minimum atomic E-state index is -4.48. The summed E-state index contributed by atoms with van der Waals surface area (Å²) in [5.41, 5.74) is 0.0362. The molecular weight excluding hydrogens is 429 g/mol. The second-order valence-corrected chi connectivity index (χ2v) is 7.57. The molecule has 0 spiro atoms. The zero-order chi connectivity index (χ0) is 22.4. The van der Waals surface area contributed by atoms with Crippen molar-refractivity contribution < 1.29 is 27.4 Å². The van der Waals surface area contributed by atoms with E-state index in [4.69, 9.17) is 26.4 Å². The van der Waals surface area contributed by atoms with Crippen LogP contribution in [0.15, 0.2) is 42.5 Å². The van der Waals surface area contributed by atoms with Gasteiger partial charge in [-0.3, -0.25) is 0 Å². The predicted molar refractivity (Wildman–Crippen MR) is 117 cm³/mol. The number of hydrogen-bond donors (Lipinski definition) is 1. The van der Waals surface area contributed by atoms with Gasteiger partial charge in [0.25, 0.3) is 0 Å². The summed E-state index contributed by atoms with van der Waals surface area (Å²) in [4.78, 5) is 1.82. The van der Waals surface area contributed by atoms with Crippen molar-refractivity contribution in [3.8, 4) is 11.5 Å². The molecule has 0 amide bonds. The molecule has 1 atom stereocenters. The van der Waals surface area contributed by atoms with Crippen molar-refractivity contribution in [3.63, 3.8) is 0 Å². The van der Waals surface area contributed by atoms with Crippen molar-refractivity contribution in [2.24, 2.45) is 0 Å². The zero-order valence-corrected chi connectivity index (χ0v) is 18.2. The number of thiocarbonyl (C=S) groups is 1. The Morgan fingerprint density at radius 3 is 2.55 bits per heavy atom. The number of nitrogens with one attached hydrogen (secondary N) is 1. The number of methoxy groups -OCH3 is 2. The highest BCUT2D eigenvalue weighted by Gasteiger charge is 2.33. The maximum atomic E-state index is 13.4. The molecule has 1 heterocycles. The molecule has 5 nitrogen and oxygen atoms in total. The fourth-order valence-electron chi connectivity index (χ4n) is 3.49. The number of alkyl halides is 3. The van der Waals surface area contributed by atoms with Crippen molar-refractivity contribution in [2.75, 3.05) is 32.7 Å². The van der Waals surface area contributed by atoms with E-state index >= 15 is 0 Å². The average Bonchev–Trinajstić information content (AvgIpc) is 3.26. The highest BCUT2D eigenvalue weighted by molar-refractivity contribution is 7.80. The van der Waals surface area contributed by atoms with Gasteiger partial charge in [-0.15, -0.1) is 0 Å². The summed E-state index contributed by atoms with van der Waals surface area (Å²) in [5, 5.41) is 2.98. The van der Waals surface area contributed by atoms with Gasteiger partial charge in [0, 0.05) is 19.7 Å². The van der Waals surface area contributed by atoms with Gasteiger partial charge in [0.2, 0.25) is 0 Å². The molecule has 1 aliphatic rings. The summed E-state index contributed by atoms with van der Waals surface area (Å²) in [5.74, 6) is 1.16. The van der Waals surface area contributed by atoms with Gasteiger partial charge in [0.1, 0.15) is 0 Å². The number of halogens is 3. The predicted octanol–water partition coefficient (Wildman–Crippen LogP) is 5.10. The molecule has 0 saturated carbocycles. The first-order valence-corrected chi connectivity index (χ1v) is 10.3. The fourth-order valence-corrected chi connectivity index (χ4v) is 3.74. The topological polar surface area (TPSA) is 43.0 Å². The van der Waals surface area contributed by atoms with E-state index in [1.807, 2.05) is 17.0 Å². The van der Waals surface area contributed by atoms with Crippen LogP contribution >= 0.6 is 12.2 Å². The number of ether oxygens (including phenoxy) is 3. The van der Waals surface area contributed by atoms with Gasteiger partial charge in [-0.25, -0.2) is 0 Å². The standard InChI is InChI=1S/C22H25F3N2O3S/c1-28-19-10-9-15(12-20(19)29-2)13-27(14-16-6-5-11-30-16)21(31)26-18-8-4-3-7-17(18)22(23,24)25/h3-4,7-10,12,16H,5-6,11,13-14H2,1-2H3,(H,26,31)/t16-/m1/s1. The second-order valence-electron chi connectivity index (χ2n) is 7.18. The Bertz CT molecular complexity index is 902. The first-order chi connectivity index (χ1) is 14.8. The molecule has 1 aliphatic heterocycles. The molecule has 2 aromatic rings. The molecule has 0 unspecified atom stereocenters. The van der Waals surface area contributed by atoms with Gasteiger partial charge in [-0.1, -0.05) is 18.2 Å². The van der Waals surface area contributed by atoms with Crippen LogP contribution in [0.3, 0.4) is 0 Å². The number of nitrogens with zero attached hydrogens (tertiary/aromatic N) is 1. The van der Waals surface area contributed by atoms with Crippen molar-refractivity contribution in [1.29, 1.82) is 0 Å². The molecule has 1 N–H and O–H groups in total. The van der Waals surface area contributed by atoms with Gasteiger partial charge >= 0.3 is 6.18 Å². The lowest BCUT2D eigenvalue weighted by Crippen LogP contribution is -2.39. The molecule has 168 valence electrons. The van der Waals surface area contributed by atoms with Crippen molar-refractivity contribution in [2.45, 2.75) is 31.7 Å². The van der Waals surface area contributed by atoms with E-state index in [1.54, 1.807) is 26.4 Å². The van der Waals surface area contributed by atoms with Crippen LogP contribution in [0.5, 0.6) is 11.5 Å². The Morgan fingerprint density at radius 2 is 1.90 bits per heavy atom. The van der Waals surface area contributed by atoms with Gasteiger partial charge in [0.15, 0.2) is 16.6 Å². The Labute approximate surface area is 185 Å². The molecule has 2 aromatic carbocycles. The monoisotopic (exact) mass is 454 g/mol. The molecule has 1 saturated heterocycles. The number of anilines is 1. The lowest BCUT2D eigenvalue weighted by Gasteiger charge is -2.29. The van der Waals surface area contributed by atoms with Crippen LogP contribution in [-0.4, -0.2) is 43.5 Å². The Hall–Kier alpha value is -2.52. The van der Waals surface area contributed by atoms with Crippen LogP contribution in [0.4, 0.5) is 18.9 Å². The summed E-state index contributed by atoms with van der Waals surface area (Å²) >= 11 is 5.52. The van der Waals surface area contributed by atoms with Crippen LogP contribution in [0.1, 0.15) is 24.0 Å². The van der Waals surface area contributed by atoms with Gasteiger partial charge in [-0.2, -0.15) is 13.2 Å². The molecule has 0 aromatic heterocycles. The third kappa shape index (κ3) is 6.01. The van der Waals surface area contributed by atoms with Crippen LogP contribution in [0.2, 0.25) is 0 Å². The lowest BCUT2D eigenvalue weighted by molar-refractivity contribution is -0.136. The van der Waals surface area contributed by atoms with Crippen LogP contribution in [-0.2, 0) is 17.5 Å². The fraction of sp³-hybridized carbons (Fsp3) is 0.409. The first kappa shape index (κ1) is 23.1. The largest absolute Gasteiger partial charge is 0.493 e. The van der Waals surface area contributed by atoms with E-state index < -0.39 is 11.7 Å². The summed E-state index contributed by atoms with van der Waals surface area (Å²) in [6.07, 6.45) is -2.68. The maximum Gasteiger partial charge on any atom is 0.418 e. The molecule has 9 heteroatoms. The van der Waals surface area contributed by atoms with E-state index in [0.29, 0.717) is 31.2 Å². The minimum Gasteiger partial charge on any atom is -0.493 e. The van der Waals surface area contributed by atoms with E-state index in [1.165, 1.54) is 12.1 Å². The van der Waals surface area contributed by atoms with Crippen LogP contribution in [0.25, 0.3) is 0 Å². The number of hydrogen-bond acceptors (Lipinski definition) is 4. The highest BCUT2D eigenvalue weighted by Crippen LogP contribution is 2.35. The molecule has 1 fully saturated rings. The number of benzene rings is 2. The average molecular weight is 455 g/mol. The first-order valence-electron chi connectivity index (χ1n) is 9.86.